The van der Waals surface area contributed by atoms with Crippen LogP contribution >= 0.6 is 11.3 Å². The standard InChI is InChI=1S/C12H16N6OS/c13-9(19)8-3-1-2-5-18(8)10-7-4-6-20-11(7)16-12(15-10)17-14/h4,6,8H,1-3,5,14H2,(H2,13,19)(H,15,16,17). The third-order valence-electron chi connectivity index (χ3n) is 3.54. The van der Waals surface area contributed by atoms with Gasteiger partial charge >= 0.3 is 0 Å². The predicted molar refractivity (Wildman–Crippen MR) is 79.4 cm³/mol. The molecule has 1 fully saturated rings. The van der Waals surface area contributed by atoms with Crippen molar-refractivity contribution >= 4 is 39.2 Å². The number of hydrogen-bond donors (Lipinski definition) is 3. The van der Waals surface area contributed by atoms with Crippen molar-refractivity contribution in [3.63, 3.8) is 0 Å². The molecule has 3 heterocycles. The Bertz CT molecular complexity index is 642. The highest BCUT2D eigenvalue weighted by Gasteiger charge is 2.29. The largest absolute Gasteiger partial charge is 0.368 e. The molecule has 0 radical (unpaired) electrons. The highest BCUT2D eigenvalue weighted by Crippen LogP contribution is 2.32. The number of primary amides is 1. The number of rotatable bonds is 3. The number of hydrazine groups is 1. The lowest BCUT2D eigenvalue weighted by molar-refractivity contribution is -0.119. The van der Waals surface area contributed by atoms with E-state index in [1.165, 1.54) is 11.3 Å². The molecule has 0 aliphatic carbocycles. The van der Waals surface area contributed by atoms with Crippen LogP contribution in [0.25, 0.3) is 10.2 Å². The maximum absolute atomic E-state index is 11.7. The second kappa shape index (κ2) is 5.22. The number of nitrogens with two attached hydrogens (primary N) is 2. The van der Waals surface area contributed by atoms with Crippen molar-refractivity contribution in [2.24, 2.45) is 11.6 Å². The summed E-state index contributed by atoms with van der Waals surface area (Å²) in [6.45, 7) is 0.763. The number of hydrogen-bond acceptors (Lipinski definition) is 7. The normalized spacial score (nSPS) is 19.2. The molecule has 20 heavy (non-hydrogen) atoms. The van der Waals surface area contributed by atoms with Gasteiger partial charge in [0.15, 0.2) is 0 Å². The summed E-state index contributed by atoms with van der Waals surface area (Å²) in [5.74, 6) is 6.19. The van der Waals surface area contributed by atoms with Crippen molar-refractivity contribution in [3.05, 3.63) is 11.4 Å². The van der Waals surface area contributed by atoms with Gasteiger partial charge in [0.05, 0.1) is 5.39 Å². The first-order chi connectivity index (χ1) is 9.70. The number of nitrogens with zero attached hydrogens (tertiary/aromatic N) is 3. The summed E-state index contributed by atoms with van der Waals surface area (Å²) in [5, 5.41) is 2.88. The molecule has 0 spiro atoms. The van der Waals surface area contributed by atoms with E-state index in [0.717, 1.165) is 41.8 Å². The molecule has 0 saturated carbocycles. The summed E-state index contributed by atoms with van der Waals surface area (Å²) in [5.41, 5.74) is 8.00. The van der Waals surface area contributed by atoms with E-state index in [2.05, 4.69) is 15.4 Å². The molecule has 2 aromatic heterocycles. The van der Waals surface area contributed by atoms with Crippen molar-refractivity contribution in [1.82, 2.24) is 9.97 Å². The van der Waals surface area contributed by atoms with Gasteiger partial charge in [0.1, 0.15) is 16.7 Å². The van der Waals surface area contributed by atoms with Crippen molar-refractivity contribution in [2.45, 2.75) is 25.3 Å². The molecule has 8 heteroatoms. The molecular weight excluding hydrogens is 276 g/mol. The molecule has 1 unspecified atom stereocenters. The van der Waals surface area contributed by atoms with E-state index in [9.17, 15) is 4.79 Å². The fourth-order valence-corrected chi connectivity index (χ4v) is 3.36. The van der Waals surface area contributed by atoms with E-state index in [-0.39, 0.29) is 11.9 Å². The Balaban J connectivity index is 2.11. The first-order valence-electron chi connectivity index (χ1n) is 6.48. The molecule has 1 amide bonds. The van der Waals surface area contributed by atoms with Crippen molar-refractivity contribution in [1.29, 1.82) is 0 Å². The zero-order valence-electron chi connectivity index (χ0n) is 10.9. The van der Waals surface area contributed by atoms with E-state index < -0.39 is 0 Å². The SMILES string of the molecule is NNc1nc(N2CCCCC2C(N)=O)c2ccsc2n1. The van der Waals surface area contributed by atoms with Gasteiger partial charge < -0.3 is 10.6 Å². The van der Waals surface area contributed by atoms with E-state index in [1.54, 1.807) is 0 Å². The maximum atomic E-state index is 11.7. The fourth-order valence-electron chi connectivity index (χ4n) is 2.60. The smallest absolute Gasteiger partial charge is 0.240 e. The zero-order valence-corrected chi connectivity index (χ0v) is 11.7. The number of anilines is 2. The van der Waals surface area contributed by atoms with Gasteiger partial charge in [-0.3, -0.25) is 10.2 Å². The average Bonchev–Trinajstić information content (AvgIpc) is 2.94. The molecule has 7 nitrogen and oxygen atoms in total. The van der Waals surface area contributed by atoms with Gasteiger partial charge in [-0.1, -0.05) is 0 Å². The van der Waals surface area contributed by atoms with Crippen LogP contribution in [0.1, 0.15) is 19.3 Å². The van der Waals surface area contributed by atoms with E-state index in [0.29, 0.717) is 5.95 Å². The Morgan fingerprint density at radius 1 is 1.45 bits per heavy atom. The first kappa shape index (κ1) is 13.1. The van der Waals surface area contributed by atoms with Crippen LogP contribution < -0.4 is 21.9 Å². The van der Waals surface area contributed by atoms with Gasteiger partial charge in [-0.25, -0.2) is 10.8 Å². The van der Waals surface area contributed by atoms with Crippen LogP contribution in [-0.4, -0.2) is 28.5 Å². The zero-order chi connectivity index (χ0) is 14.1. The minimum absolute atomic E-state index is 0.311. The number of carbonyl (C=O) groups excluding carboxylic acids is 1. The quantitative estimate of drug-likeness (QED) is 0.570. The van der Waals surface area contributed by atoms with Crippen LogP contribution in [0.3, 0.4) is 0 Å². The first-order valence-corrected chi connectivity index (χ1v) is 7.36. The van der Waals surface area contributed by atoms with Gasteiger partial charge in [0.25, 0.3) is 0 Å². The van der Waals surface area contributed by atoms with Crippen molar-refractivity contribution in [2.75, 3.05) is 16.9 Å². The van der Waals surface area contributed by atoms with Gasteiger partial charge in [-0.2, -0.15) is 4.98 Å². The van der Waals surface area contributed by atoms with Gasteiger partial charge in [-0.15, -0.1) is 11.3 Å². The number of amides is 1. The molecule has 2 aromatic rings. The molecule has 1 aliphatic heterocycles. The lowest BCUT2D eigenvalue weighted by atomic mass is 10.0. The topological polar surface area (TPSA) is 110 Å². The molecule has 5 N–H and O–H groups in total. The number of nitrogens with one attached hydrogen (secondary N) is 1. The summed E-state index contributed by atoms with van der Waals surface area (Å²) in [6.07, 6.45) is 2.78. The molecular formula is C12H16N6OS. The molecule has 1 aliphatic rings. The number of fused-ring (bicyclic) bond motifs is 1. The Kier molecular flexibility index (Phi) is 3.41. The summed E-state index contributed by atoms with van der Waals surface area (Å²) in [6, 6.07) is 1.65. The second-order valence-corrected chi connectivity index (χ2v) is 5.66. The third-order valence-corrected chi connectivity index (χ3v) is 4.34. The van der Waals surface area contributed by atoms with Crippen LogP contribution in [0.5, 0.6) is 0 Å². The third kappa shape index (κ3) is 2.16. The summed E-state index contributed by atoms with van der Waals surface area (Å²) in [4.78, 5) is 23.2. The number of piperidine rings is 1. The molecule has 0 bridgehead atoms. The number of thiophene rings is 1. The highest BCUT2D eigenvalue weighted by atomic mass is 32.1. The summed E-state index contributed by atoms with van der Waals surface area (Å²) in [7, 11) is 0. The van der Waals surface area contributed by atoms with Gasteiger partial charge in [0, 0.05) is 6.54 Å². The number of carbonyl (C=O) groups is 1. The van der Waals surface area contributed by atoms with Crippen LogP contribution in [0.2, 0.25) is 0 Å². The van der Waals surface area contributed by atoms with E-state index in [1.807, 2.05) is 16.3 Å². The summed E-state index contributed by atoms with van der Waals surface area (Å²) < 4.78 is 0. The van der Waals surface area contributed by atoms with Crippen LogP contribution in [0, 0.1) is 0 Å². The highest BCUT2D eigenvalue weighted by molar-refractivity contribution is 7.16. The van der Waals surface area contributed by atoms with Gasteiger partial charge in [-0.05, 0) is 30.7 Å². The van der Waals surface area contributed by atoms with Crippen LogP contribution in [-0.2, 0) is 4.79 Å². The molecule has 3 rings (SSSR count). The summed E-state index contributed by atoms with van der Waals surface area (Å²) >= 11 is 1.52. The molecule has 1 atom stereocenters. The predicted octanol–water partition coefficient (Wildman–Crippen LogP) is 0.821. The van der Waals surface area contributed by atoms with Crippen molar-refractivity contribution in [3.8, 4) is 0 Å². The molecule has 1 saturated heterocycles. The Hall–Kier alpha value is -1.93. The van der Waals surface area contributed by atoms with Crippen molar-refractivity contribution < 1.29 is 4.79 Å². The minimum atomic E-state index is -0.313. The van der Waals surface area contributed by atoms with Crippen LogP contribution in [0.4, 0.5) is 11.8 Å². The second-order valence-electron chi connectivity index (χ2n) is 4.76. The molecule has 0 aromatic carbocycles. The fraction of sp³-hybridized carbons (Fsp3) is 0.417. The van der Waals surface area contributed by atoms with Gasteiger partial charge in [0.2, 0.25) is 11.9 Å². The Labute approximate surface area is 119 Å². The van der Waals surface area contributed by atoms with E-state index in [4.69, 9.17) is 11.6 Å². The maximum Gasteiger partial charge on any atom is 0.240 e. The number of aromatic nitrogens is 2. The molecule has 106 valence electrons. The lowest BCUT2D eigenvalue weighted by Gasteiger charge is -2.35. The average molecular weight is 292 g/mol. The minimum Gasteiger partial charge on any atom is -0.368 e. The van der Waals surface area contributed by atoms with E-state index >= 15 is 0 Å². The Morgan fingerprint density at radius 2 is 2.30 bits per heavy atom. The Morgan fingerprint density at radius 3 is 3.05 bits per heavy atom. The monoisotopic (exact) mass is 292 g/mol. The van der Waals surface area contributed by atoms with Crippen LogP contribution in [0.15, 0.2) is 11.4 Å². The number of nitrogen functional groups attached to an aromatic ring is 1. The lowest BCUT2D eigenvalue weighted by Crippen LogP contribution is -2.48.